The van der Waals surface area contributed by atoms with Gasteiger partial charge in [-0.3, -0.25) is 4.79 Å². The molecule has 0 spiro atoms. The zero-order chi connectivity index (χ0) is 20.6. The molecular formula is C21H27NO5S. The lowest BCUT2D eigenvalue weighted by Crippen LogP contribution is -2.38. The van der Waals surface area contributed by atoms with E-state index in [2.05, 4.69) is 0 Å². The summed E-state index contributed by atoms with van der Waals surface area (Å²) in [6.07, 6.45) is 0. The van der Waals surface area contributed by atoms with Crippen LogP contribution in [0.5, 0.6) is 5.75 Å². The highest BCUT2D eigenvalue weighted by Gasteiger charge is 2.27. The van der Waals surface area contributed by atoms with Gasteiger partial charge in [0.1, 0.15) is 18.9 Å². The van der Waals surface area contributed by atoms with Crippen LogP contribution in [0.15, 0.2) is 59.5 Å². The minimum absolute atomic E-state index is 0.0673. The topological polar surface area (TPSA) is 72.9 Å². The van der Waals surface area contributed by atoms with Crippen LogP contribution in [-0.2, 0) is 26.2 Å². The number of ether oxygens (including phenoxy) is 2. The molecule has 2 aromatic rings. The lowest BCUT2D eigenvalue weighted by Gasteiger charge is -2.23. The molecular weight excluding hydrogens is 378 g/mol. The molecule has 0 saturated heterocycles. The van der Waals surface area contributed by atoms with Crippen molar-refractivity contribution in [1.82, 2.24) is 4.31 Å². The molecule has 2 rings (SSSR count). The van der Waals surface area contributed by atoms with Crippen molar-refractivity contribution in [1.29, 1.82) is 0 Å². The summed E-state index contributed by atoms with van der Waals surface area (Å²) in [5, 5.41) is 0. The maximum absolute atomic E-state index is 13.0. The van der Waals surface area contributed by atoms with Crippen LogP contribution in [0.3, 0.4) is 0 Å². The molecule has 6 nitrogen and oxygen atoms in total. The zero-order valence-electron chi connectivity index (χ0n) is 16.5. The number of benzene rings is 2. The Labute approximate surface area is 167 Å². The summed E-state index contributed by atoms with van der Waals surface area (Å²) in [7, 11) is -3.82. The van der Waals surface area contributed by atoms with E-state index in [1.165, 1.54) is 12.1 Å². The van der Waals surface area contributed by atoms with Gasteiger partial charge in [-0.05, 0) is 42.7 Å². The summed E-state index contributed by atoms with van der Waals surface area (Å²) in [4.78, 5) is 12.0. The second-order valence-electron chi connectivity index (χ2n) is 6.74. The molecule has 0 atom stereocenters. The van der Waals surface area contributed by atoms with Crippen molar-refractivity contribution in [3.05, 3.63) is 60.2 Å². The number of sulfonamides is 1. The number of nitrogens with zero attached hydrogens (tertiary/aromatic N) is 1. The monoisotopic (exact) mass is 405 g/mol. The van der Waals surface area contributed by atoms with E-state index in [0.717, 1.165) is 9.87 Å². The van der Waals surface area contributed by atoms with Crippen LogP contribution in [0, 0.1) is 5.92 Å². The molecule has 0 radical (unpaired) electrons. The number of hydrogen-bond acceptors (Lipinski definition) is 5. The lowest BCUT2D eigenvalue weighted by atomic mass is 10.2. The van der Waals surface area contributed by atoms with Crippen LogP contribution >= 0.6 is 0 Å². The van der Waals surface area contributed by atoms with Crippen LogP contribution in [0.2, 0.25) is 0 Å². The molecule has 0 aliphatic rings. The van der Waals surface area contributed by atoms with E-state index in [1.54, 1.807) is 19.1 Å². The minimum atomic E-state index is -3.82. The third-order valence-corrected chi connectivity index (χ3v) is 5.72. The van der Waals surface area contributed by atoms with Crippen LogP contribution in [0.25, 0.3) is 0 Å². The Bertz CT molecular complexity index is 848. The molecule has 0 aromatic heterocycles. The predicted octanol–water partition coefficient (Wildman–Crippen LogP) is 3.48. The van der Waals surface area contributed by atoms with Crippen LogP contribution in [0.1, 0.15) is 26.3 Å². The summed E-state index contributed by atoms with van der Waals surface area (Å²) in [5.74, 6) is 0.0795. The van der Waals surface area contributed by atoms with E-state index in [4.69, 9.17) is 9.47 Å². The average Bonchev–Trinajstić information content (AvgIpc) is 2.67. The number of rotatable bonds is 10. The fraction of sp³-hybridized carbons (Fsp3) is 0.381. The first-order chi connectivity index (χ1) is 13.3. The smallest absolute Gasteiger partial charge is 0.321 e. The quantitative estimate of drug-likeness (QED) is 0.566. The highest BCUT2D eigenvalue weighted by molar-refractivity contribution is 7.89. The van der Waals surface area contributed by atoms with Crippen molar-refractivity contribution in [2.75, 3.05) is 19.7 Å². The van der Waals surface area contributed by atoms with Gasteiger partial charge >= 0.3 is 5.97 Å². The number of carbonyl (C=O) groups excluding carboxylic acids is 1. The maximum Gasteiger partial charge on any atom is 0.321 e. The molecule has 28 heavy (non-hydrogen) atoms. The van der Waals surface area contributed by atoms with Gasteiger partial charge < -0.3 is 9.47 Å². The first-order valence-corrected chi connectivity index (χ1v) is 10.7. The highest BCUT2D eigenvalue weighted by Crippen LogP contribution is 2.21. The summed E-state index contributed by atoms with van der Waals surface area (Å²) in [6.45, 7) is 6.01. The Morgan fingerprint density at radius 1 is 1.04 bits per heavy atom. The second kappa shape index (κ2) is 10.2. The standard InChI is InChI=1S/C21H27NO5S/c1-4-26-21(23)15-22(14-17(2)3)28(24,25)20-12-10-19(11-13-20)27-16-18-8-6-5-7-9-18/h5-13,17H,4,14-16H2,1-3H3. The van der Waals surface area contributed by atoms with Crippen LogP contribution in [-0.4, -0.2) is 38.4 Å². The first-order valence-electron chi connectivity index (χ1n) is 9.25. The van der Waals surface area contributed by atoms with Gasteiger partial charge in [0, 0.05) is 6.54 Å². The van der Waals surface area contributed by atoms with E-state index in [-0.39, 0.29) is 30.5 Å². The number of carbonyl (C=O) groups is 1. The van der Waals surface area contributed by atoms with Gasteiger partial charge in [-0.15, -0.1) is 0 Å². The van der Waals surface area contributed by atoms with Gasteiger partial charge in [-0.1, -0.05) is 44.2 Å². The molecule has 0 bridgehead atoms. The van der Waals surface area contributed by atoms with Crippen molar-refractivity contribution in [2.45, 2.75) is 32.3 Å². The van der Waals surface area contributed by atoms with Gasteiger partial charge in [0.25, 0.3) is 0 Å². The molecule has 0 aliphatic carbocycles. The van der Waals surface area contributed by atoms with Crippen molar-refractivity contribution in [2.24, 2.45) is 5.92 Å². The molecule has 0 heterocycles. The molecule has 0 unspecified atom stereocenters. The third-order valence-electron chi connectivity index (χ3n) is 3.89. The summed E-state index contributed by atoms with van der Waals surface area (Å²) in [6, 6.07) is 15.9. The molecule has 0 aliphatic heterocycles. The average molecular weight is 406 g/mol. The summed E-state index contributed by atoms with van der Waals surface area (Å²) >= 11 is 0. The normalized spacial score (nSPS) is 11.6. The fourth-order valence-electron chi connectivity index (χ4n) is 2.60. The van der Waals surface area contributed by atoms with Crippen LogP contribution < -0.4 is 4.74 Å². The molecule has 2 aromatic carbocycles. The summed E-state index contributed by atoms with van der Waals surface area (Å²) in [5.41, 5.74) is 1.02. The first kappa shape index (κ1) is 21.9. The highest BCUT2D eigenvalue weighted by atomic mass is 32.2. The number of hydrogen-bond donors (Lipinski definition) is 0. The Morgan fingerprint density at radius 2 is 1.68 bits per heavy atom. The molecule has 0 fully saturated rings. The van der Waals surface area contributed by atoms with E-state index in [9.17, 15) is 13.2 Å². The molecule has 152 valence electrons. The van der Waals surface area contributed by atoms with Gasteiger partial charge in [0.2, 0.25) is 10.0 Å². The van der Waals surface area contributed by atoms with E-state index >= 15 is 0 Å². The Kier molecular flexibility index (Phi) is 8.02. The van der Waals surface area contributed by atoms with E-state index in [1.807, 2.05) is 44.2 Å². The molecule has 0 amide bonds. The lowest BCUT2D eigenvalue weighted by molar-refractivity contribution is -0.143. The maximum atomic E-state index is 13.0. The SMILES string of the molecule is CCOC(=O)CN(CC(C)C)S(=O)(=O)c1ccc(OCc2ccccc2)cc1. The predicted molar refractivity (Wildman–Crippen MR) is 107 cm³/mol. The minimum Gasteiger partial charge on any atom is -0.489 e. The Balaban J connectivity index is 2.12. The Hall–Kier alpha value is -2.38. The van der Waals surface area contributed by atoms with Crippen LogP contribution in [0.4, 0.5) is 0 Å². The van der Waals surface area contributed by atoms with Crippen molar-refractivity contribution < 1.29 is 22.7 Å². The van der Waals surface area contributed by atoms with Gasteiger partial charge in [-0.25, -0.2) is 8.42 Å². The molecule has 7 heteroatoms. The second-order valence-corrected chi connectivity index (χ2v) is 8.68. The third kappa shape index (κ3) is 6.35. The van der Waals surface area contributed by atoms with Gasteiger partial charge in [0.15, 0.2) is 0 Å². The largest absolute Gasteiger partial charge is 0.489 e. The summed E-state index contributed by atoms with van der Waals surface area (Å²) < 4.78 is 37.7. The van der Waals surface area contributed by atoms with Crippen molar-refractivity contribution in [3.8, 4) is 5.75 Å². The van der Waals surface area contributed by atoms with Crippen molar-refractivity contribution >= 4 is 16.0 Å². The van der Waals surface area contributed by atoms with E-state index in [0.29, 0.717) is 12.4 Å². The van der Waals surface area contributed by atoms with Gasteiger partial charge in [-0.2, -0.15) is 4.31 Å². The zero-order valence-corrected chi connectivity index (χ0v) is 17.3. The molecule has 0 N–H and O–H groups in total. The Morgan fingerprint density at radius 3 is 2.25 bits per heavy atom. The van der Waals surface area contributed by atoms with E-state index < -0.39 is 16.0 Å². The van der Waals surface area contributed by atoms with Crippen molar-refractivity contribution in [3.63, 3.8) is 0 Å². The number of esters is 1. The molecule has 0 saturated carbocycles. The van der Waals surface area contributed by atoms with Gasteiger partial charge in [0.05, 0.1) is 11.5 Å². The fourth-order valence-corrected chi connectivity index (χ4v) is 4.15.